The van der Waals surface area contributed by atoms with Gasteiger partial charge in [0.05, 0.1) is 4.92 Å². The molecule has 0 saturated carbocycles. The molecule has 0 atom stereocenters. The van der Waals surface area contributed by atoms with Crippen molar-refractivity contribution in [2.24, 2.45) is 0 Å². The van der Waals surface area contributed by atoms with Gasteiger partial charge in [-0.05, 0) is 18.6 Å². The van der Waals surface area contributed by atoms with Gasteiger partial charge >= 0.3 is 5.69 Å². The average molecular weight is 297 g/mol. The molecular weight excluding hydrogens is 286 g/mol. The smallest absolute Gasteiger partial charge is 0.319 e. The van der Waals surface area contributed by atoms with Crippen LogP contribution in [0.3, 0.4) is 0 Å². The van der Waals surface area contributed by atoms with E-state index in [0.29, 0.717) is 5.82 Å². The molecule has 0 bridgehead atoms. The Balaban J connectivity index is 2.06. The first kappa shape index (κ1) is 13.6. The number of pyridine rings is 1. The van der Waals surface area contributed by atoms with Crippen LogP contribution < -0.4 is 5.32 Å². The lowest BCUT2D eigenvalue weighted by Gasteiger charge is -2.08. The zero-order valence-electron chi connectivity index (χ0n) is 11.5. The molecule has 0 aliphatic rings. The van der Waals surface area contributed by atoms with Crippen molar-refractivity contribution in [1.29, 1.82) is 0 Å². The Morgan fingerprint density at radius 2 is 2.14 bits per heavy atom. The molecule has 0 fully saturated rings. The van der Waals surface area contributed by atoms with Crippen LogP contribution in [0.1, 0.15) is 5.56 Å². The molecule has 0 aliphatic carbocycles. The van der Waals surface area contributed by atoms with Gasteiger partial charge in [-0.3, -0.25) is 14.7 Å². The van der Waals surface area contributed by atoms with Gasteiger partial charge in [0.1, 0.15) is 18.5 Å². The lowest BCUT2D eigenvalue weighted by Crippen LogP contribution is -2.07. The maximum Gasteiger partial charge on any atom is 0.354 e. The van der Waals surface area contributed by atoms with Crippen LogP contribution in [0.5, 0.6) is 0 Å². The fraction of sp³-hybridized carbons (Fsp3) is 0.0769. The Labute approximate surface area is 124 Å². The summed E-state index contributed by atoms with van der Waals surface area (Å²) in [5, 5.41) is 14.3. The number of aromatic nitrogens is 5. The number of hydrogen-bond donors (Lipinski definition) is 1. The highest BCUT2D eigenvalue weighted by molar-refractivity contribution is 5.68. The van der Waals surface area contributed by atoms with Crippen LogP contribution in [0.25, 0.3) is 5.82 Å². The largest absolute Gasteiger partial charge is 0.354 e. The molecule has 3 heterocycles. The number of nitro groups is 1. The molecule has 22 heavy (non-hydrogen) atoms. The molecule has 0 unspecified atom stereocenters. The number of rotatable bonds is 4. The molecule has 3 aromatic heterocycles. The minimum absolute atomic E-state index is 0.0695. The molecule has 0 amide bonds. The first-order valence-corrected chi connectivity index (χ1v) is 6.32. The zero-order chi connectivity index (χ0) is 15.5. The van der Waals surface area contributed by atoms with Crippen molar-refractivity contribution in [1.82, 2.24) is 24.5 Å². The van der Waals surface area contributed by atoms with E-state index in [2.05, 4.69) is 25.3 Å². The minimum Gasteiger partial charge on any atom is -0.319 e. The minimum atomic E-state index is -0.536. The molecule has 9 heteroatoms. The van der Waals surface area contributed by atoms with Crippen LogP contribution in [-0.2, 0) is 0 Å². The van der Waals surface area contributed by atoms with Gasteiger partial charge in [-0.1, -0.05) is 6.07 Å². The van der Waals surface area contributed by atoms with Crippen LogP contribution in [0.2, 0.25) is 0 Å². The summed E-state index contributed by atoms with van der Waals surface area (Å²) in [6.07, 6.45) is 7.43. The molecule has 3 rings (SSSR count). The second-order valence-electron chi connectivity index (χ2n) is 4.47. The van der Waals surface area contributed by atoms with E-state index >= 15 is 0 Å². The Hall–Kier alpha value is -3.36. The van der Waals surface area contributed by atoms with Crippen molar-refractivity contribution in [2.45, 2.75) is 6.92 Å². The van der Waals surface area contributed by atoms with Gasteiger partial charge in [-0.15, -0.1) is 0 Å². The molecule has 9 nitrogen and oxygen atoms in total. The summed E-state index contributed by atoms with van der Waals surface area (Å²) in [5.74, 6) is 0.663. The first-order valence-electron chi connectivity index (χ1n) is 6.32. The highest BCUT2D eigenvalue weighted by Gasteiger charge is 2.24. The molecule has 1 N–H and O–H groups in total. The maximum atomic E-state index is 11.4. The molecule has 0 saturated heterocycles. The predicted octanol–water partition coefficient (Wildman–Crippen LogP) is 2.02. The highest BCUT2D eigenvalue weighted by atomic mass is 16.6. The molecule has 3 aromatic rings. The fourth-order valence-electron chi connectivity index (χ4n) is 1.87. The third kappa shape index (κ3) is 2.59. The number of anilines is 2. The highest BCUT2D eigenvalue weighted by Crippen LogP contribution is 2.29. The van der Waals surface area contributed by atoms with Crippen LogP contribution in [0, 0.1) is 17.0 Å². The zero-order valence-corrected chi connectivity index (χ0v) is 11.5. The van der Waals surface area contributed by atoms with Crippen molar-refractivity contribution >= 4 is 17.3 Å². The van der Waals surface area contributed by atoms with Gasteiger partial charge in [0.15, 0.2) is 0 Å². The maximum absolute atomic E-state index is 11.4. The van der Waals surface area contributed by atoms with Gasteiger partial charge in [0.25, 0.3) is 0 Å². The summed E-state index contributed by atoms with van der Waals surface area (Å²) < 4.78 is 1.45. The van der Waals surface area contributed by atoms with Crippen LogP contribution in [-0.4, -0.2) is 29.4 Å². The summed E-state index contributed by atoms with van der Waals surface area (Å²) >= 11 is 0. The second kappa shape index (κ2) is 5.56. The monoisotopic (exact) mass is 297 g/mol. The molecule has 0 radical (unpaired) electrons. The quantitative estimate of drug-likeness (QED) is 0.579. The summed E-state index contributed by atoms with van der Waals surface area (Å²) in [6, 6.07) is 3.57. The van der Waals surface area contributed by atoms with Gasteiger partial charge in [-0.2, -0.15) is 0 Å². The summed E-state index contributed by atoms with van der Waals surface area (Å²) in [6.45, 7) is 1.90. The van der Waals surface area contributed by atoms with Crippen molar-refractivity contribution in [3.05, 3.63) is 59.1 Å². The van der Waals surface area contributed by atoms with Crippen molar-refractivity contribution in [2.75, 3.05) is 5.32 Å². The fourth-order valence-corrected chi connectivity index (χ4v) is 1.87. The van der Waals surface area contributed by atoms with E-state index < -0.39 is 4.92 Å². The van der Waals surface area contributed by atoms with Crippen molar-refractivity contribution in [3.63, 3.8) is 0 Å². The predicted molar refractivity (Wildman–Crippen MR) is 78.1 cm³/mol. The van der Waals surface area contributed by atoms with E-state index in [4.69, 9.17) is 0 Å². The van der Waals surface area contributed by atoms with Crippen LogP contribution in [0.15, 0.2) is 43.4 Å². The van der Waals surface area contributed by atoms with Gasteiger partial charge < -0.3 is 5.32 Å². The molecular formula is C13H11N7O2. The first-order chi connectivity index (χ1) is 10.6. The van der Waals surface area contributed by atoms with Crippen LogP contribution in [0.4, 0.5) is 17.3 Å². The van der Waals surface area contributed by atoms with E-state index in [1.807, 2.05) is 13.0 Å². The Morgan fingerprint density at radius 1 is 1.27 bits per heavy atom. The number of imidazole rings is 1. The molecule has 0 aliphatic heterocycles. The van der Waals surface area contributed by atoms with E-state index in [1.54, 1.807) is 18.5 Å². The molecule has 0 aromatic carbocycles. The normalized spacial score (nSPS) is 10.4. The van der Waals surface area contributed by atoms with Gasteiger partial charge in [0, 0.05) is 18.6 Å². The average Bonchev–Trinajstić information content (AvgIpc) is 3.03. The van der Waals surface area contributed by atoms with E-state index in [1.165, 1.54) is 23.4 Å². The number of aryl methyl sites for hydroxylation is 1. The Bertz CT molecular complexity index is 800. The van der Waals surface area contributed by atoms with Crippen molar-refractivity contribution in [3.8, 4) is 5.82 Å². The molecule has 0 spiro atoms. The Kier molecular flexibility index (Phi) is 3.44. The van der Waals surface area contributed by atoms with E-state index in [-0.39, 0.29) is 17.3 Å². The van der Waals surface area contributed by atoms with Gasteiger partial charge in [-0.25, -0.2) is 19.9 Å². The Morgan fingerprint density at radius 3 is 2.77 bits per heavy atom. The van der Waals surface area contributed by atoms with E-state index in [9.17, 15) is 10.1 Å². The van der Waals surface area contributed by atoms with E-state index in [0.717, 1.165) is 5.56 Å². The van der Waals surface area contributed by atoms with Crippen LogP contribution >= 0.6 is 0 Å². The third-order valence-electron chi connectivity index (χ3n) is 2.89. The summed E-state index contributed by atoms with van der Waals surface area (Å²) in [5.41, 5.74) is 0.740. The standard InChI is InChI=1S/C13H11N7O2/c1-9-2-3-10(15-6-9)18-12-11(20(21)22)13(17-7-16-12)19-5-4-14-8-19/h2-8H,1H3,(H,15,16,17,18). The SMILES string of the molecule is Cc1ccc(Nc2ncnc(-n3ccnc3)c2[N+](=O)[O-])nc1. The number of hydrogen-bond acceptors (Lipinski definition) is 7. The third-order valence-corrected chi connectivity index (χ3v) is 2.89. The van der Waals surface area contributed by atoms with Crippen molar-refractivity contribution < 1.29 is 4.92 Å². The lowest BCUT2D eigenvalue weighted by molar-refractivity contribution is -0.384. The lowest BCUT2D eigenvalue weighted by atomic mass is 10.3. The molecule has 110 valence electrons. The van der Waals surface area contributed by atoms with Gasteiger partial charge in [0.2, 0.25) is 11.6 Å². The second-order valence-corrected chi connectivity index (χ2v) is 4.47. The topological polar surface area (TPSA) is 112 Å². The number of nitrogens with zero attached hydrogens (tertiary/aromatic N) is 6. The number of nitrogens with one attached hydrogen (secondary N) is 1. The summed E-state index contributed by atoms with van der Waals surface area (Å²) in [4.78, 5) is 26.8. The summed E-state index contributed by atoms with van der Waals surface area (Å²) in [7, 11) is 0.